The Morgan fingerprint density at radius 3 is 2.62 bits per heavy atom. The molecule has 16 heavy (non-hydrogen) atoms. The lowest BCUT2D eigenvalue weighted by atomic mass is 10.1. The van der Waals surface area contributed by atoms with Gasteiger partial charge in [0.15, 0.2) is 0 Å². The Kier molecular flexibility index (Phi) is 4.83. The first-order valence-corrected chi connectivity index (χ1v) is 5.41. The van der Waals surface area contributed by atoms with Gasteiger partial charge in [-0.2, -0.15) is 0 Å². The summed E-state index contributed by atoms with van der Waals surface area (Å²) in [5.41, 5.74) is 0.407. The molecule has 0 spiro atoms. The van der Waals surface area contributed by atoms with Crippen LogP contribution in [-0.4, -0.2) is 17.8 Å². The van der Waals surface area contributed by atoms with E-state index in [0.717, 1.165) is 6.07 Å². The van der Waals surface area contributed by atoms with E-state index < -0.39 is 17.7 Å². The summed E-state index contributed by atoms with van der Waals surface area (Å²) in [7, 11) is 0. The summed E-state index contributed by atoms with van der Waals surface area (Å²) in [6, 6.07) is 3.26. The Morgan fingerprint density at radius 2 is 2.06 bits per heavy atom. The predicted molar refractivity (Wildman–Crippen MR) is 59.1 cm³/mol. The van der Waals surface area contributed by atoms with Gasteiger partial charge in [0.05, 0.1) is 6.10 Å². The molecule has 0 amide bonds. The molecule has 2 atom stereocenters. The van der Waals surface area contributed by atoms with E-state index in [2.05, 4.69) is 5.32 Å². The van der Waals surface area contributed by atoms with Crippen molar-refractivity contribution in [2.24, 2.45) is 0 Å². The third-order valence-electron chi connectivity index (χ3n) is 2.56. The topological polar surface area (TPSA) is 32.3 Å². The summed E-state index contributed by atoms with van der Waals surface area (Å²) in [5.74, 6) is -1.15. The number of rotatable bonds is 5. The highest BCUT2D eigenvalue weighted by Crippen LogP contribution is 2.17. The molecule has 1 rings (SSSR count). The van der Waals surface area contributed by atoms with E-state index in [1.54, 1.807) is 6.92 Å². The second-order valence-electron chi connectivity index (χ2n) is 3.86. The fraction of sp³-hybridized carbons (Fsp3) is 0.500. The Morgan fingerprint density at radius 1 is 1.38 bits per heavy atom. The largest absolute Gasteiger partial charge is 0.392 e. The number of halogens is 2. The number of aliphatic hydroxyl groups is 1. The summed E-state index contributed by atoms with van der Waals surface area (Å²) in [6.45, 7) is 4.04. The molecule has 0 aliphatic rings. The minimum absolute atomic E-state index is 0.248. The molecule has 1 aromatic carbocycles. The average Bonchev–Trinajstić information content (AvgIpc) is 2.25. The van der Waals surface area contributed by atoms with Crippen molar-refractivity contribution < 1.29 is 13.9 Å². The first kappa shape index (κ1) is 13.1. The molecule has 2 N–H and O–H groups in total. The highest BCUT2D eigenvalue weighted by Gasteiger charge is 2.12. The van der Waals surface area contributed by atoms with Crippen LogP contribution in [0.25, 0.3) is 0 Å². The monoisotopic (exact) mass is 229 g/mol. The van der Waals surface area contributed by atoms with Crippen molar-refractivity contribution in [3.8, 4) is 0 Å². The molecule has 0 saturated carbocycles. The number of hydrogen-bond acceptors (Lipinski definition) is 2. The normalized spacial score (nSPS) is 14.8. The van der Waals surface area contributed by atoms with Gasteiger partial charge in [-0.05, 0) is 19.4 Å². The van der Waals surface area contributed by atoms with Crippen molar-refractivity contribution in [3.05, 3.63) is 35.4 Å². The highest BCUT2D eigenvalue weighted by molar-refractivity contribution is 5.21. The summed E-state index contributed by atoms with van der Waals surface area (Å²) < 4.78 is 26.0. The van der Waals surface area contributed by atoms with Gasteiger partial charge in [0, 0.05) is 24.2 Å². The van der Waals surface area contributed by atoms with E-state index in [4.69, 9.17) is 0 Å². The summed E-state index contributed by atoms with van der Waals surface area (Å²) in [4.78, 5) is 0. The van der Waals surface area contributed by atoms with E-state index in [1.165, 1.54) is 12.1 Å². The van der Waals surface area contributed by atoms with Crippen molar-refractivity contribution in [1.29, 1.82) is 0 Å². The minimum atomic E-state index is -0.581. The van der Waals surface area contributed by atoms with Gasteiger partial charge < -0.3 is 10.4 Å². The van der Waals surface area contributed by atoms with Crippen molar-refractivity contribution >= 4 is 0 Å². The van der Waals surface area contributed by atoms with Crippen molar-refractivity contribution in [1.82, 2.24) is 5.32 Å². The van der Waals surface area contributed by atoms with Crippen LogP contribution in [0.5, 0.6) is 0 Å². The number of hydrogen-bond donors (Lipinski definition) is 2. The lowest BCUT2D eigenvalue weighted by Crippen LogP contribution is -2.29. The van der Waals surface area contributed by atoms with E-state index in [0.29, 0.717) is 18.5 Å². The van der Waals surface area contributed by atoms with Gasteiger partial charge in [-0.15, -0.1) is 0 Å². The van der Waals surface area contributed by atoms with Crippen LogP contribution in [-0.2, 0) is 0 Å². The molecule has 1 aromatic rings. The molecule has 90 valence electrons. The predicted octanol–water partition coefficient (Wildman–Crippen LogP) is 2.39. The smallest absolute Gasteiger partial charge is 0.130 e. The minimum Gasteiger partial charge on any atom is -0.392 e. The second-order valence-corrected chi connectivity index (χ2v) is 3.86. The van der Waals surface area contributed by atoms with Crippen LogP contribution in [0.3, 0.4) is 0 Å². The maximum Gasteiger partial charge on any atom is 0.130 e. The molecule has 4 heteroatoms. The molecule has 0 bridgehead atoms. The third kappa shape index (κ3) is 3.54. The fourth-order valence-electron chi connectivity index (χ4n) is 1.42. The average molecular weight is 229 g/mol. The van der Waals surface area contributed by atoms with Crippen LogP contribution < -0.4 is 5.32 Å². The fourth-order valence-corrected chi connectivity index (χ4v) is 1.42. The van der Waals surface area contributed by atoms with Crippen LogP contribution >= 0.6 is 0 Å². The Labute approximate surface area is 94.3 Å². The van der Waals surface area contributed by atoms with Crippen LogP contribution in [0.2, 0.25) is 0 Å². The summed E-state index contributed by atoms with van der Waals surface area (Å²) in [6.07, 6.45) is 0.206. The van der Waals surface area contributed by atoms with Crippen molar-refractivity contribution in [2.45, 2.75) is 32.4 Å². The molecule has 0 aromatic heterocycles. The summed E-state index contributed by atoms with van der Waals surface area (Å²) >= 11 is 0. The quantitative estimate of drug-likeness (QED) is 0.812. The van der Waals surface area contributed by atoms with Crippen LogP contribution in [0.1, 0.15) is 31.9 Å². The Bertz CT molecular complexity index is 344. The van der Waals surface area contributed by atoms with Gasteiger partial charge >= 0.3 is 0 Å². The van der Waals surface area contributed by atoms with Gasteiger partial charge in [-0.1, -0.05) is 13.0 Å². The zero-order chi connectivity index (χ0) is 12.1. The van der Waals surface area contributed by atoms with Crippen molar-refractivity contribution in [3.63, 3.8) is 0 Å². The molecule has 0 aliphatic heterocycles. The number of benzene rings is 1. The van der Waals surface area contributed by atoms with Gasteiger partial charge in [0.25, 0.3) is 0 Å². The number of nitrogens with one attached hydrogen (secondary N) is 1. The third-order valence-corrected chi connectivity index (χ3v) is 2.56. The molecule has 1 unspecified atom stereocenters. The summed E-state index contributed by atoms with van der Waals surface area (Å²) in [5, 5.41) is 12.3. The van der Waals surface area contributed by atoms with Crippen molar-refractivity contribution in [2.75, 3.05) is 6.54 Å². The zero-order valence-electron chi connectivity index (χ0n) is 9.50. The molecule has 2 nitrogen and oxygen atoms in total. The maximum atomic E-state index is 13.4. The second kappa shape index (κ2) is 5.92. The number of aliphatic hydroxyl groups excluding tert-OH is 1. The maximum absolute atomic E-state index is 13.4. The Balaban J connectivity index is 2.62. The van der Waals surface area contributed by atoms with E-state index in [1.807, 2.05) is 6.92 Å². The molecule has 0 saturated heterocycles. The molecule has 0 heterocycles. The van der Waals surface area contributed by atoms with Crippen LogP contribution in [0.4, 0.5) is 8.78 Å². The SMILES string of the molecule is CC[C@@H](O)CNC(C)c1ccc(F)cc1F. The Hall–Kier alpha value is -1.00. The molecular weight excluding hydrogens is 212 g/mol. The van der Waals surface area contributed by atoms with Gasteiger partial charge in [0.1, 0.15) is 11.6 Å². The lowest BCUT2D eigenvalue weighted by Gasteiger charge is -2.17. The first-order chi connectivity index (χ1) is 7.54. The highest BCUT2D eigenvalue weighted by atomic mass is 19.1. The molecular formula is C12H17F2NO. The van der Waals surface area contributed by atoms with Gasteiger partial charge in [-0.3, -0.25) is 0 Å². The van der Waals surface area contributed by atoms with E-state index in [-0.39, 0.29) is 6.04 Å². The van der Waals surface area contributed by atoms with Gasteiger partial charge in [0.2, 0.25) is 0 Å². The molecule has 0 fully saturated rings. The van der Waals surface area contributed by atoms with E-state index >= 15 is 0 Å². The molecule has 0 radical (unpaired) electrons. The lowest BCUT2D eigenvalue weighted by molar-refractivity contribution is 0.163. The van der Waals surface area contributed by atoms with Crippen LogP contribution in [0.15, 0.2) is 18.2 Å². The zero-order valence-corrected chi connectivity index (χ0v) is 9.50. The first-order valence-electron chi connectivity index (χ1n) is 5.41. The van der Waals surface area contributed by atoms with Gasteiger partial charge in [-0.25, -0.2) is 8.78 Å². The molecule has 0 aliphatic carbocycles. The standard InChI is InChI=1S/C12H17F2NO/c1-3-10(16)7-15-8(2)11-5-4-9(13)6-12(11)14/h4-6,8,10,15-16H,3,7H2,1-2H3/t8?,10-/m1/s1. The van der Waals surface area contributed by atoms with E-state index in [9.17, 15) is 13.9 Å². The van der Waals surface area contributed by atoms with Crippen LogP contribution in [0, 0.1) is 11.6 Å².